The molecule has 2 aromatic heterocycles. The largest absolute Gasteiger partial charge is 0.456 e. The van der Waals surface area contributed by atoms with Gasteiger partial charge < -0.3 is 18.8 Å². The zero-order valence-corrected chi connectivity index (χ0v) is 30.5. The maximum absolute atomic E-state index is 6.46. The lowest BCUT2D eigenvalue weighted by Gasteiger charge is -2.27. The van der Waals surface area contributed by atoms with E-state index in [9.17, 15) is 0 Å². The van der Waals surface area contributed by atoms with E-state index in [1.807, 2.05) is 12.1 Å². The van der Waals surface area contributed by atoms with Gasteiger partial charge in [-0.25, -0.2) is 0 Å². The molecule has 264 valence electrons. The molecule has 56 heavy (non-hydrogen) atoms. The van der Waals surface area contributed by atoms with Crippen molar-refractivity contribution in [1.82, 2.24) is 4.57 Å². The molecule has 0 bridgehead atoms. The summed E-state index contributed by atoms with van der Waals surface area (Å²) in [7, 11) is 0. The quantitative estimate of drug-likeness (QED) is 0.177. The Labute approximate surface area is 324 Å². The van der Waals surface area contributed by atoms with Gasteiger partial charge in [-0.2, -0.15) is 0 Å². The van der Waals surface area contributed by atoms with Crippen LogP contribution in [0.5, 0.6) is 0 Å². The van der Waals surface area contributed by atoms with Crippen LogP contribution in [0.25, 0.3) is 60.2 Å². The third-order valence-electron chi connectivity index (χ3n) is 11.8. The van der Waals surface area contributed by atoms with Crippen LogP contribution in [0.2, 0.25) is 0 Å². The molecule has 1 aliphatic carbocycles. The topological polar surface area (TPSA) is 24.6 Å². The highest BCUT2D eigenvalue weighted by atomic mass is 16.3. The van der Waals surface area contributed by atoms with Crippen molar-refractivity contribution >= 4 is 83.0 Å². The average molecular weight is 718 g/mol. The standard InChI is InChI=1S/C52H35N3O/c1-2-13-35(14-3-1)54-47-19-9-7-17-42(47)46-32-38(28-31-49(46)54)53(39-27-30-44-43-18-8-11-21-50(43)56-51(44)33-39)36-23-25-37(26-24-36)55-48-20-10-6-16-41(48)45-29-22-34-12-4-5-15-40(34)52(45)55/h1-16,18-33,42H,17H2. The second-order valence-electron chi connectivity index (χ2n) is 14.9. The lowest BCUT2D eigenvalue weighted by Crippen LogP contribution is -2.14. The van der Waals surface area contributed by atoms with Gasteiger partial charge in [0.2, 0.25) is 0 Å². The molecule has 0 fully saturated rings. The third kappa shape index (κ3) is 4.59. The van der Waals surface area contributed by atoms with E-state index in [1.165, 1.54) is 55.2 Å². The van der Waals surface area contributed by atoms with E-state index >= 15 is 0 Å². The Kier molecular flexibility index (Phi) is 6.72. The van der Waals surface area contributed by atoms with Gasteiger partial charge in [0.15, 0.2) is 0 Å². The molecule has 1 aliphatic heterocycles. The second kappa shape index (κ2) is 12.1. The van der Waals surface area contributed by atoms with E-state index in [0.717, 1.165) is 51.1 Å². The number of hydrogen-bond donors (Lipinski definition) is 0. The molecule has 8 aromatic carbocycles. The summed E-state index contributed by atoms with van der Waals surface area (Å²) in [5.41, 5.74) is 13.7. The van der Waals surface area contributed by atoms with Crippen molar-refractivity contribution in [2.75, 3.05) is 9.80 Å². The highest BCUT2D eigenvalue weighted by molar-refractivity contribution is 6.18. The smallest absolute Gasteiger partial charge is 0.137 e. The number of aromatic nitrogens is 1. The lowest BCUT2D eigenvalue weighted by atomic mass is 9.91. The van der Waals surface area contributed by atoms with Crippen molar-refractivity contribution < 1.29 is 4.42 Å². The van der Waals surface area contributed by atoms with Crippen molar-refractivity contribution in [2.45, 2.75) is 12.3 Å². The Morgan fingerprint density at radius 3 is 2.11 bits per heavy atom. The van der Waals surface area contributed by atoms with Crippen LogP contribution in [0.3, 0.4) is 0 Å². The second-order valence-corrected chi connectivity index (χ2v) is 14.9. The zero-order valence-electron chi connectivity index (χ0n) is 30.5. The summed E-state index contributed by atoms with van der Waals surface area (Å²) in [6, 6.07) is 63.7. The fourth-order valence-corrected chi connectivity index (χ4v) is 9.35. The van der Waals surface area contributed by atoms with Gasteiger partial charge in [0.25, 0.3) is 0 Å². The van der Waals surface area contributed by atoms with Crippen molar-refractivity contribution in [1.29, 1.82) is 0 Å². The van der Waals surface area contributed by atoms with Gasteiger partial charge >= 0.3 is 0 Å². The third-order valence-corrected chi connectivity index (χ3v) is 11.8. The molecule has 4 heteroatoms. The maximum Gasteiger partial charge on any atom is 0.137 e. The minimum atomic E-state index is 0.280. The summed E-state index contributed by atoms with van der Waals surface area (Å²) in [6.07, 6.45) is 7.75. The van der Waals surface area contributed by atoms with Crippen LogP contribution in [-0.2, 0) is 0 Å². The molecular weight excluding hydrogens is 683 g/mol. The monoisotopic (exact) mass is 717 g/mol. The van der Waals surface area contributed by atoms with E-state index < -0.39 is 0 Å². The van der Waals surface area contributed by atoms with Crippen LogP contribution in [0.15, 0.2) is 204 Å². The Hall–Kier alpha value is -7.30. The van der Waals surface area contributed by atoms with Gasteiger partial charge in [-0.05, 0) is 102 Å². The fraction of sp³-hybridized carbons (Fsp3) is 0.0385. The van der Waals surface area contributed by atoms with Crippen molar-refractivity contribution in [3.05, 3.63) is 205 Å². The predicted octanol–water partition coefficient (Wildman–Crippen LogP) is 14.4. The number of fused-ring (bicyclic) bond motifs is 11. The minimum absolute atomic E-state index is 0.280. The molecule has 12 rings (SSSR count). The number of nitrogens with zero attached hydrogens (tertiary/aromatic N) is 3. The normalized spacial score (nSPS) is 14.9. The summed E-state index contributed by atoms with van der Waals surface area (Å²) < 4.78 is 8.89. The molecule has 0 saturated heterocycles. The summed E-state index contributed by atoms with van der Waals surface area (Å²) in [5.74, 6) is 0.280. The number of allylic oxidation sites excluding steroid dienone is 4. The van der Waals surface area contributed by atoms with Crippen LogP contribution < -0.4 is 9.80 Å². The van der Waals surface area contributed by atoms with Crippen LogP contribution in [0, 0.1) is 0 Å². The van der Waals surface area contributed by atoms with Crippen molar-refractivity contribution in [3.63, 3.8) is 0 Å². The van der Waals surface area contributed by atoms with Gasteiger partial charge in [-0.15, -0.1) is 0 Å². The molecule has 0 amide bonds. The number of anilines is 5. The number of para-hydroxylation sites is 3. The first kappa shape index (κ1) is 31.1. The summed E-state index contributed by atoms with van der Waals surface area (Å²) in [4.78, 5) is 4.81. The number of benzene rings is 8. The van der Waals surface area contributed by atoms with Gasteiger partial charge in [-0.1, -0.05) is 103 Å². The Morgan fingerprint density at radius 2 is 1.21 bits per heavy atom. The van der Waals surface area contributed by atoms with Gasteiger partial charge in [-0.3, -0.25) is 0 Å². The van der Waals surface area contributed by atoms with E-state index in [0.29, 0.717) is 0 Å². The minimum Gasteiger partial charge on any atom is -0.456 e. The first-order valence-electron chi connectivity index (χ1n) is 19.4. The van der Waals surface area contributed by atoms with Gasteiger partial charge in [0.1, 0.15) is 11.2 Å². The fourth-order valence-electron chi connectivity index (χ4n) is 9.35. The Balaban J connectivity index is 1.04. The molecule has 0 saturated carbocycles. The van der Waals surface area contributed by atoms with E-state index in [1.54, 1.807) is 0 Å². The number of hydrogen-bond acceptors (Lipinski definition) is 3. The van der Waals surface area contributed by atoms with E-state index in [2.05, 4.69) is 196 Å². The molecular formula is C52H35N3O. The number of furan rings is 1. The first-order chi connectivity index (χ1) is 27.8. The highest BCUT2D eigenvalue weighted by Crippen LogP contribution is 2.52. The van der Waals surface area contributed by atoms with Gasteiger partial charge in [0, 0.05) is 78.7 Å². The molecule has 0 N–H and O–H groups in total. The molecule has 10 aromatic rings. The Bertz CT molecular complexity index is 3240. The van der Waals surface area contributed by atoms with Crippen LogP contribution in [-0.4, -0.2) is 4.57 Å². The van der Waals surface area contributed by atoms with Gasteiger partial charge in [0.05, 0.1) is 11.0 Å². The molecule has 2 aliphatic rings. The summed E-state index contributed by atoms with van der Waals surface area (Å²) >= 11 is 0. The van der Waals surface area contributed by atoms with E-state index in [4.69, 9.17) is 4.42 Å². The predicted molar refractivity (Wildman–Crippen MR) is 233 cm³/mol. The molecule has 3 heterocycles. The first-order valence-corrected chi connectivity index (χ1v) is 19.4. The molecule has 1 atom stereocenters. The van der Waals surface area contributed by atoms with Crippen LogP contribution >= 0.6 is 0 Å². The van der Waals surface area contributed by atoms with Crippen molar-refractivity contribution in [2.24, 2.45) is 0 Å². The summed E-state index contributed by atoms with van der Waals surface area (Å²) in [5, 5.41) is 7.26. The SMILES string of the molecule is C1=CCC2C(=C1)N(c1ccccc1)c1ccc(N(c3ccc(-n4c5ccccc5c5ccc6ccccc6c54)cc3)c3ccc4c(c3)oc3ccccc34)cc12. The van der Waals surface area contributed by atoms with Crippen LogP contribution in [0.1, 0.15) is 17.9 Å². The van der Waals surface area contributed by atoms with Crippen LogP contribution in [0.4, 0.5) is 28.4 Å². The van der Waals surface area contributed by atoms with E-state index in [-0.39, 0.29) is 5.92 Å². The average Bonchev–Trinajstić information content (AvgIpc) is 3.92. The lowest BCUT2D eigenvalue weighted by molar-refractivity contribution is 0.669. The maximum atomic E-state index is 6.46. The Morgan fingerprint density at radius 1 is 0.518 bits per heavy atom. The van der Waals surface area contributed by atoms with Crippen molar-refractivity contribution in [3.8, 4) is 5.69 Å². The highest BCUT2D eigenvalue weighted by Gasteiger charge is 2.35. The molecule has 0 radical (unpaired) electrons. The summed E-state index contributed by atoms with van der Waals surface area (Å²) in [6.45, 7) is 0. The molecule has 0 spiro atoms. The zero-order chi connectivity index (χ0) is 36.7. The molecule has 1 unspecified atom stereocenters. The number of rotatable bonds is 5. The molecule has 4 nitrogen and oxygen atoms in total.